The molecule has 2 heterocycles. The van der Waals surface area contributed by atoms with Crippen molar-refractivity contribution in [3.05, 3.63) is 30.1 Å². The minimum Gasteiger partial charge on any atom is -0.382 e. The van der Waals surface area contributed by atoms with Crippen LogP contribution in [0.4, 0.5) is 0 Å². The summed E-state index contributed by atoms with van der Waals surface area (Å²) in [7, 11) is 1.67. The highest BCUT2D eigenvalue weighted by molar-refractivity contribution is 5.78. The zero-order valence-corrected chi connectivity index (χ0v) is 12.0. The van der Waals surface area contributed by atoms with E-state index in [-0.39, 0.29) is 12.0 Å². The number of pyridine rings is 1. The molecule has 20 heavy (non-hydrogen) atoms. The summed E-state index contributed by atoms with van der Waals surface area (Å²) < 4.78 is 10.7. The topological polar surface area (TPSA) is 51.7 Å². The van der Waals surface area contributed by atoms with Crippen molar-refractivity contribution < 1.29 is 14.3 Å². The third-order valence-electron chi connectivity index (χ3n) is 3.51. The normalized spacial score (nSPS) is 16.4. The average molecular weight is 278 g/mol. The number of aromatic nitrogens is 1. The predicted octanol–water partition coefficient (Wildman–Crippen LogP) is 1.28. The van der Waals surface area contributed by atoms with Crippen molar-refractivity contribution in [3.8, 4) is 0 Å². The number of ether oxygens (including phenoxy) is 2. The Morgan fingerprint density at radius 2 is 2.20 bits per heavy atom. The third-order valence-corrected chi connectivity index (χ3v) is 3.51. The van der Waals surface area contributed by atoms with E-state index in [0.29, 0.717) is 19.6 Å². The Kier molecular flexibility index (Phi) is 5.95. The molecule has 0 saturated carbocycles. The Bertz CT molecular complexity index is 403. The number of carbonyl (C=O) groups excluding carboxylic acids is 1. The lowest BCUT2D eigenvalue weighted by Crippen LogP contribution is -2.41. The number of amides is 1. The van der Waals surface area contributed by atoms with Gasteiger partial charge in [-0.2, -0.15) is 0 Å². The molecule has 1 aromatic heterocycles. The first-order valence-electron chi connectivity index (χ1n) is 7.07. The van der Waals surface area contributed by atoms with Gasteiger partial charge in [0.2, 0.25) is 5.91 Å². The fraction of sp³-hybridized carbons (Fsp3) is 0.600. The highest BCUT2D eigenvalue weighted by Crippen LogP contribution is 2.15. The number of piperidine rings is 1. The summed E-state index contributed by atoms with van der Waals surface area (Å²) in [5.41, 5.74) is 0.968. The van der Waals surface area contributed by atoms with Crippen LogP contribution in [0.25, 0.3) is 0 Å². The quantitative estimate of drug-likeness (QED) is 0.736. The summed E-state index contributed by atoms with van der Waals surface area (Å²) in [5.74, 6) is 0.174. The van der Waals surface area contributed by atoms with Gasteiger partial charge in [0.05, 0.1) is 25.7 Å². The van der Waals surface area contributed by atoms with Gasteiger partial charge in [0.15, 0.2) is 0 Å². The molecule has 0 aromatic carbocycles. The van der Waals surface area contributed by atoms with E-state index in [4.69, 9.17) is 9.47 Å². The van der Waals surface area contributed by atoms with Gasteiger partial charge in [-0.15, -0.1) is 0 Å². The molecule has 0 radical (unpaired) electrons. The van der Waals surface area contributed by atoms with E-state index in [9.17, 15) is 4.79 Å². The Morgan fingerprint density at radius 3 is 2.85 bits per heavy atom. The van der Waals surface area contributed by atoms with Gasteiger partial charge in [0, 0.05) is 32.6 Å². The lowest BCUT2D eigenvalue weighted by Gasteiger charge is -2.32. The van der Waals surface area contributed by atoms with Crippen LogP contribution in [0.5, 0.6) is 0 Å². The molecule has 1 aliphatic heterocycles. The van der Waals surface area contributed by atoms with E-state index in [1.807, 2.05) is 17.0 Å². The Morgan fingerprint density at radius 1 is 1.40 bits per heavy atom. The number of hydrogen-bond donors (Lipinski definition) is 0. The molecule has 0 N–H and O–H groups in total. The number of methoxy groups -OCH3 is 1. The van der Waals surface area contributed by atoms with Crippen LogP contribution in [-0.4, -0.2) is 55.3 Å². The lowest BCUT2D eigenvalue weighted by atomic mass is 10.1. The smallest absolute Gasteiger partial charge is 0.227 e. The molecule has 110 valence electrons. The van der Waals surface area contributed by atoms with Crippen molar-refractivity contribution >= 4 is 5.91 Å². The number of nitrogens with zero attached hydrogens (tertiary/aromatic N) is 2. The first kappa shape index (κ1) is 14.9. The second kappa shape index (κ2) is 7.97. The minimum atomic E-state index is 0.174. The fourth-order valence-corrected chi connectivity index (χ4v) is 2.36. The highest BCUT2D eigenvalue weighted by atomic mass is 16.5. The van der Waals surface area contributed by atoms with Gasteiger partial charge < -0.3 is 14.4 Å². The van der Waals surface area contributed by atoms with Crippen LogP contribution in [0.3, 0.4) is 0 Å². The van der Waals surface area contributed by atoms with E-state index in [1.54, 1.807) is 19.5 Å². The summed E-state index contributed by atoms with van der Waals surface area (Å²) in [6, 6.07) is 3.80. The first-order valence-corrected chi connectivity index (χ1v) is 7.07. The molecule has 0 unspecified atom stereocenters. The zero-order chi connectivity index (χ0) is 14.2. The van der Waals surface area contributed by atoms with Crippen LogP contribution in [0.15, 0.2) is 24.5 Å². The van der Waals surface area contributed by atoms with Gasteiger partial charge in [-0.25, -0.2) is 0 Å². The van der Waals surface area contributed by atoms with Crippen molar-refractivity contribution in [1.82, 2.24) is 9.88 Å². The fourth-order valence-electron chi connectivity index (χ4n) is 2.36. The van der Waals surface area contributed by atoms with E-state index < -0.39 is 0 Å². The average Bonchev–Trinajstić information content (AvgIpc) is 2.49. The second-order valence-corrected chi connectivity index (χ2v) is 4.98. The van der Waals surface area contributed by atoms with Crippen LogP contribution < -0.4 is 0 Å². The molecule has 1 aliphatic rings. The van der Waals surface area contributed by atoms with Gasteiger partial charge in [0.25, 0.3) is 0 Å². The summed E-state index contributed by atoms with van der Waals surface area (Å²) in [4.78, 5) is 18.1. The predicted molar refractivity (Wildman–Crippen MR) is 75.4 cm³/mol. The van der Waals surface area contributed by atoms with Gasteiger partial charge >= 0.3 is 0 Å². The molecule has 0 bridgehead atoms. The van der Waals surface area contributed by atoms with Crippen molar-refractivity contribution in [2.45, 2.75) is 25.4 Å². The molecule has 0 aliphatic carbocycles. The molecule has 1 saturated heterocycles. The lowest BCUT2D eigenvalue weighted by molar-refractivity contribution is -0.133. The molecule has 1 amide bonds. The van der Waals surface area contributed by atoms with Crippen molar-refractivity contribution in [1.29, 1.82) is 0 Å². The van der Waals surface area contributed by atoms with Crippen LogP contribution >= 0.6 is 0 Å². The van der Waals surface area contributed by atoms with Crippen LogP contribution in [0, 0.1) is 0 Å². The molecule has 1 fully saturated rings. The van der Waals surface area contributed by atoms with E-state index in [0.717, 1.165) is 31.5 Å². The number of carbonyl (C=O) groups is 1. The maximum Gasteiger partial charge on any atom is 0.227 e. The Labute approximate surface area is 119 Å². The Balaban J connectivity index is 1.72. The van der Waals surface area contributed by atoms with Crippen LogP contribution in [-0.2, 0) is 20.7 Å². The van der Waals surface area contributed by atoms with Gasteiger partial charge in [-0.05, 0) is 24.5 Å². The number of likely N-dealkylation sites (tertiary alicyclic amines) is 1. The summed E-state index contributed by atoms with van der Waals surface area (Å²) in [5, 5.41) is 0. The summed E-state index contributed by atoms with van der Waals surface area (Å²) in [6.45, 7) is 2.80. The largest absolute Gasteiger partial charge is 0.382 e. The summed E-state index contributed by atoms with van der Waals surface area (Å²) >= 11 is 0. The molecule has 5 heteroatoms. The highest BCUT2D eigenvalue weighted by Gasteiger charge is 2.23. The molecular formula is C15H22N2O3. The molecule has 5 nitrogen and oxygen atoms in total. The van der Waals surface area contributed by atoms with E-state index >= 15 is 0 Å². The van der Waals surface area contributed by atoms with Gasteiger partial charge in [0.1, 0.15) is 0 Å². The Hall–Kier alpha value is -1.46. The molecule has 1 aromatic rings. The maximum absolute atomic E-state index is 12.2. The zero-order valence-electron chi connectivity index (χ0n) is 12.0. The molecule has 0 atom stereocenters. The molecular weight excluding hydrogens is 256 g/mol. The van der Waals surface area contributed by atoms with E-state index in [1.165, 1.54) is 0 Å². The first-order chi connectivity index (χ1) is 9.79. The molecule has 2 rings (SSSR count). The van der Waals surface area contributed by atoms with Crippen LogP contribution in [0.1, 0.15) is 18.4 Å². The third kappa shape index (κ3) is 4.58. The van der Waals surface area contributed by atoms with Crippen molar-refractivity contribution in [2.24, 2.45) is 0 Å². The number of hydrogen-bond acceptors (Lipinski definition) is 4. The van der Waals surface area contributed by atoms with E-state index in [2.05, 4.69) is 4.98 Å². The monoisotopic (exact) mass is 278 g/mol. The summed E-state index contributed by atoms with van der Waals surface area (Å²) in [6.07, 6.45) is 5.97. The standard InChI is InChI=1S/C15H22N2O3/c1-19-9-10-20-14-4-7-17(8-5-14)15(18)11-13-3-2-6-16-12-13/h2-3,6,12,14H,4-5,7-11H2,1H3. The van der Waals surface area contributed by atoms with Gasteiger partial charge in [-0.1, -0.05) is 6.07 Å². The molecule has 0 spiro atoms. The van der Waals surface area contributed by atoms with Crippen LogP contribution in [0.2, 0.25) is 0 Å². The van der Waals surface area contributed by atoms with Crippen molar-refractivity contribution in [2.75, 3.05) is 33.4 Å². The number of rotatable bonds is 6. The maximum atomic E-state index is 12.2. The van der Waals surface area contributed by atoms with Crippen molar-refractivity contribution in [3.63, 3.8) is 0 Å². The SMILES string of the molecule is COCCOC1CCN(C(=O)Cc2cccnc2)CC1. The van der Waals surface area contributed by atoms with Gasteiger partial charge in [-0.3, -0.25) is 9.78 Å². The minimum absolute atomic E-state index is 0.174. The second-order valence-electron chi connectivity index (χ2n) is 4.98.